The molecule has 126 valence electrons. The van der Waals surface area contributed by atoms with E-state index in [0.717, 1.165) is 11.0 Å². The Labute approximate surface area is 149 Å². The number of carbonyl (C=O) groups is 2. The number of aromatic nitrogens is 1. The summed E-state index contributed by atoms with van der Waals surface area (Å²) in [7, 11) is 3.86. The zero-order chi connectivity index (χ0) is 17.5. The Bertz CT molecular complexity index is 734. The summed E-state index contributed by atoms with van der Waals surface area (Å²) in [6, 6.07) is 12.1. The van der Waals surface area contributed by atoms with E-state index in [0.29, 0.717) is 12.2 Å². The highest BCUT2D eigenvalue weighted by molar-refractivity contribution is 9.10. The third-order valence-electron chi connectivity index (χ3n) is 3.14. The van der Waals surface area contributed by atoms with Crippen molar-refractivity contribution in [1.29, 1.82) is 0 Å². The lowest BCUT2D eigenvalue weighted by atomic mass is 10.2. The van der Waals surface area contributed by atoms with Crippen LogP contribution in [0, 0.1) is 0 Å². The number of halogens is 1. The van der Waals surface area contributed by atoms with Crippen LogP contribution in [0.25, 0.3) is 0 Å². The van der Waals surface area contributed by atoms with Crippen LogP contribution in [0.5, 0.6) is 0 Å². The van der Waals surface area contributed by atoms with Gasteiger partial charge in [-0.2, -0.15) is 0 Å². The van der Waals surface area contributed by atoms with Crippen LogP contribution in [0.15, 0.2) is 46.9 Å². The molecule has 0 spiro atoms. The van der Waals surface area contributed by atoms with Crippen molar-refractivity contribution in [3.05, 3.63) is 58.3 Å². The smallest absolute Gasteiger partial charge is 0.274 e. The molecule has 0 aliphatic heterocycles. The van der Waals surface area contributed by atoms with E-state index in [1.807, 2.05) is 31.1 Å². The number of anilines is 1. The molecule has 7 heteroatoms. The van der Waals surface area contributed by atoms with Gasteiger partial charge < -0.3 is 15.5 Å². The van der Waals surface area contributed by atoms with Crippen molar-refractivity contribution in [3.63, 3.8) is 0 Å². The first-order valence-electron chi connectivity index (χ1n) is 7.42. The lowest BCUT2D eigenvalue weighted by Crippen LogP contribution is -2.32. The second-order valence-electron chi connectivity index (χ2n) is 5.43. The fourth-order valence-corrected chi connectivity index (χ4v) is 2.33. The summed E-state index contributed by atoms with van der Waals surface area (Å²) < 4.78 is 0.863. The van der Waals surface area contributed by atoms with Crippen LogP contribution in [0.2, 0.25) is 0 Å². The Balaban J connectivity index is 2.03. The lowest BCUT2D eigenvalue weighted by Gasteiger charge is -2.10. The number of rotatable bonds is 6. The summed E-state index contributed by atoms with van der Waals surface area (Å²) in [5, 5.41) is 5.53. The first-order chi connectivity index (χ1) is 11.5. The van der Waals surface area contributed by atoms with Gasteiger partial charge in [0.1, 0.15) is 11.4 Å². The van der Waals surface area contributed by atoms with Crippen molar-refractivity contribution in [1.82, 2.24) is 15.2 Å². The van der Waals surface area contributed by atoms with Gasteiger partial charge in [0.25, 0.3) is 11.8 Å². The van der Waals surface area contributed by atoms with Crippen molar-refractivity contribution in [2.45, 2.75) is 0 Å². The summed E-state index contributed by atoms with van der Waals surface area (Å²) in [5.41, 5.74) is 1.06. The maximum Gasteiger partial charge on any atom is 0.274 e. The predicted octanol–water partition coefficient (Wildman–Crippen LogP) is 2.39. The van der Waals surface area contributed by atoms with Gasteiger partial charge in [-0.15, -0.1) is 0 Å². The molecule has 2 aromatic rings. The zero-order valence-corrected chi connectivity index (χ0v) is 15.1. The molecular formula is C17H19BrN4O2. The largest absolute Gasteiger partial charge is 0.349 e. The topological polar surface area (TPSA) is 74.3 Å². The summed E-state index contributed by atoms with van der Waals surface area (Å²) >= 11 is 3.35. The Morgan fingerprint density at radius 3 is 2.42 bits per heavy atom. The Kier molecular flexibility index (Phi) is 6.45. The van der Waals surface area contributed by atoms with E-state index in [9.17, 15) is 9.59 Å². The maximum atomic E-state index is 12.3. The van der Waals surface area contributed by atoms with Gasteiger partial charge in [-0.25, -0.2) is 4.98 Å². The molecule has 0 saturated heterocycles. The van der Waals surface area contributed by atoms with Gasteiger partial charge in [0.15, 0.2) is 0 Å². The van der Waals surface area contributed by atoms with Crippen molar-refractivity contribution >= 4 is 33.4 Å². The van der Waals surface area contributed by atoms with Crippen LogP contribution in [-0.4, -0.2) is 48.9 Å². The van der Waals surface area contributed by atoms with Crippen molar-refractivity contribution in [2.75, 3.05) is 32.5 Å². The summed E-state index contributed by atoms with van der Waals surface area (Å²) in [5.74, 6) is -0.662. The SMILES string of the molecule is CN(C)CCNC(=O)c1cccc(C(=O)Nc2cccc(Br)c2)n1. The average Bonchev–Trinajstić information content (AvgIpc) is 2.54. The van der Waals surface area contributed by atoms with Gasteiger partial charge in [-0.1, -0.05) is 28.1 Å². The van der Waals surface area contributed by atoms with Gasteiger partial charge >= 0.3 is 0 Å². The molecule has 6 nitrogen and oxygen atoms in total. The van der Waals surface area contributed by atoms with Crippen LogP contribution in [0.4, 0.5) is 5.69 Å². The number of hydrogen-bond acceptors (Lipinski definition) is 4. The standard InChI is InChI=1S/C17H19BrN4O2/c1-22(2)10-9-19-16(23)14-7-4-8-15(21-14)17(24)20-13-6-3-5-12(18)11-13/h3-8,11H,9-10H2,1-2H3,(H,19,23)(H,20,24). The molecule has 0 fully saturated rings. The molecule has 1 aromatic carbocycles. The van der Waals surface area contributed by atoms with Gasteiger partial charge in [0, 0.05) is 23.2 Å². The van der Waals surface area contributed by atoms with E-state index >= 15 is 0 Å². The van der Waals surface area contributed by atoms with E-state index < -0.39 is 0 Å². The van der Waals surface area contributed by atoms with Crippen molar-refractivity contribution in [3.8, 4) is 0 Å². The minimum Gasteiger partial charge on any atom is -0.349 e. The molecular weight excluding hydrogens is 372 g/mol. The summed E-state index contributed by atoms with van der Waals surface area (Å²) in [6.45, 7) is 1.25. The monoisotopic (exact) mass is 390 g/mol. The normalized spacial score (nSPS) is 10.5. The van der Waals surface area contributed by atoms with Crippen molar-refractivity contribution in [2.24, 2.45) is 0 Å². The van der Waals surface area contributed by atoms with Crippen LogP contribution in [0.1, 0.15) is 21.0 Å². The van der Waals surface area contributed by atoms with E-state index in [1.54, 1.807) is 30.3 Å². The second-order valence-corrected chi connectivity index (χ2v) is 6.35. The molecule has 2 amide bonds. The van der Waals surface area contributed by atoms with E-state index in [-0.39, 0.29) is 23.2 Å². The van der Waals surface area contributed by atoms with Crippen LogP contribution in [0.3, 0.4) is 0 Å². The molecule has 0 bridgehead atoms. The van der Waals surface area contributed by atoms with Gasteiger partial charge in [0.05, 0.1) is 0 Å². The molecule has 24 heavy (non-hydrogen) atoms. The molecule has 2 N–H and O–H groups in total. The summed E-state index contributed by atoms with van der Waals surface area (Å²) in [6.07, 6.45) is 0. The maximum absolute atomic E-state index is 12.3. The number of amides is 2. The van der Waals surface area contributed by atoms with Crippen molar-refractivity contribution < 1.29 is 9.59 Å². The molecule has 1 aromatic heterocycles. The summed E-state index contributed by atoms with van der Waals surface area (Å²) in [4.78, 5) is 30.5. The fourth-order valence-electron chi connectivity index (χ4n) is 1.93. The number of carbonyl (C=O) groups excluding carboxylic acids is 2. The van der Waals surface area contributed by atoms with E-state index in [2.05, 4.69) is 31.5 Å². The second kappa shape index (κ2) is 8.56. The van der Waals surface area contributed by atoms with Gasteiger partial charge in [-0.05, 0) is 44.4 Å². The molecule has 1 heterocycles. The van der Waals surface area contributed by atoms with Crippen LogP contribution >= 0.6 is 15.9 Å². The van der Waals surface area contributed by atoms with E-state index in [4.69, 9.17) is 0 Å². The minimum absolute atomic E-state index is 0.190. The minimum atomic E-state index is -0.365. The molecule has 0 atom stereocenters. The number of nitrogens with one attached hydrogen (secondary N) is 2. The number of likely N-dealkylation sites (N-methyl/N-ethyl adjacent to an activating group) is 1. The van der Waals surface area contributed by atoms with Gasteiger partial charge in [-0.3, -0.25) is 9.59 Å². The highest BCUT2D eigenvalue weighted by Gasteiger charge is 2.12. The third-order valence-corrected chi connectivity index (χ3v) is 3.63. The first-order valence-corrected chi connectivity index (χ1v) is 8.22. The Morgan fingerprint density at radius 1 is 1.08 bits per heavy atom. The number of nitrogens with zero attached hydrogens (tertiary/aromatic N) is 2. The highest BCUT2D eigenvalue weighted by atomic mass is 79.9. The number of hydrogen-bond donors (Lipinski definition) is 2. The molecule has 0 aliphatic rings. The zero-order valence-electron chi connectivity index (χ0n) is 13.5. The van der Waals surface area contributed by atoms with Crippen LogP contribution < -0.4 is 10.6 Å². The number of pyridine rings is 1. The molecule has 0 unspecified atom stereocenters. The van der Waals surface area contributed by atoms with Gasteiger partial charge in [0.2, 0.25) is 0 Å². The molecule has 0 saturated carbocycles. The Morgan fingerprint density at radius 2 is 1.75 bits per heavy atom. The quantitative estimate of drug-likeness (QED) is 0.793. The lowest BCUT2D eigenvalue weighted by molar-refractivity contribution is 0.0946. The average molecular weight is 391 g/mol. The molecule has 0 aliphatic carbocycles. The van der Waals surface area contributed by atoms with E-state index in [1.165, 1.54) is 0 Å². The number of benzene rings is 1. The first kappa shape index (κ1) is 18.1. The third kappa shape index (κ3) is 5.43. The van der Waals surface area contributed by atoms with Crippen LogP contribution in [-0.2, 0) is 0 Å². The fraction of sp³-hybridized carbons (Fsp3) is 0.235. The molecule has 2 rings (SSSR count). The highest BCUT2D eigenvalue weighted by Crippen LogP contribution is 2.16. The predicted molar refractivity (Wildman–Crippen MR) is 97.2 cm³/mol. The Hall–Kier alpha value is -2.25. The molecule has 0 radical (unpaired) electrons.